The Morgan fingerprint density at radius 2 is 1.74 bits per heavy atom. The third-order valence-corrected chi connectivity index (χ3v) is 3.57. The molecule has 3 aromatic rings. The van der Waals surface area contributed by atoms with E-state index in [2.05, 4.69) is 25.3 Å². The van der Waals surface area contributed by atoms with Crippen molar-refractivity contribution < 1.29 is 0 Å². The number of rotatable bonds is 4. The second kappa shape index (κ2) is 6.58. The molecular weight excluding hydrogens is 312 g/mol. The van der Waals surface area contributed by atoms with Gasteiger partial charge in [-0.25, -0.2) is 15.0 Å². The van der Waals surface area contributed by atoms with Crippen molar-refractivity contribution in [2.75, 3.05) is 11.1 Å². The van der Waals surface area contributed by atoms with Crippen LogP contribution >= 0.6 is 11.6 Å². The van der Waals surface area contributed by atoms with Gasteiger partial charge in [0, 0.05) is 30.1 Å². The minimum absolute atomic E-state index is 0.0430. The van der Waals surface area contributed by atoms with E-state index < -0.39 is 0 Å². The lowest BCUT2D eigenvalue weighted by molar-refractivity contribution is 0.873. The smallest absolute Gasteiger partial charge is 0.223 e. The van der Waals surface area contributed by atoms with Crippen molar-refractivity contribution in [2.45, 2.75) is 13.0 Å². The molecule has 0 bridgehead atoms. The molecule has 6 nitrogen and oxygen atoms in total. The fraction of sp³-hybridized carbons (Fsp3) is 0.125. The molecule has 3 rings (SSSR count). The van der Waals surface area contributed by atoms with E-state index in [0.29, 0.717) is 11.0 Å². The molecule has 116 valence electrons. The van der Waals surface area contributed by atoms with Crippen molar-refractivity contribution in [1.29, 1.82) is 0 Å². The molecule has 0 spiro atoms. The first-order valence-electron chi connectivity index (χ1n) is 7.04. The summed E-state index contributed by atoms with van der Waals surface area (Å²) in [6.07, 6.45) is 5.09. The number of nitrogens with two attached hydrogens (primary N) is 1. The van der Waals surface area contributed by atoms with E-state index in [-0.39, 0.29) is 12.0 Å². The standard InChI is InChI=1S/C16H15ClN6/c1-10(21-15-6-14(17)22-16(18)23-15)11-2-4-12(5-3-11)13-7-19-9-20-8-13/h2-10H,1H3,(H3,18,21,22,23). The topological polar surface area (TPSA) is 89.6 Å². The van der Waals surface area contributed by atoms with Gasteiger partial charge in [-0.3, -0.25) is 0 Å². The molecule has 0 saturated carbocycles. The lowest BCUT2D eigenvalue weighted by Crippen LogP contribution is -2.09. The SMILES string of the molecule is CC(Nc1cc(Cl)nc(N)n1)c1ccc(-c2cncnc2)cc1. The van der Waals surface area contributed by atoms with Gasteiger partial charge in [0.05, 0.1) is 0 Å². The molecular formula is C16H15ClN6. The predicted octanol–water partition coefficient (Wildman–Crippen LogP) is 3.34. The minimum atomic E-state index is 0.0430. The maximum absolute atomic E-state index is 5.89. The first kappa shape index (κ1) is 15.2. The van der Waals surface area contributed by atoms with E-state index in [1.807, 2.05) is 31.2 Å². The van der Waals surface area contributed by atoms with E-state index in [9.17, 15) is 0 Å². The van der Waals surface area contributed by atoms with E-state index in [1.54, 1.807) is 18.5 Å². The van der Waals surface area contributed by atoms with Gasteiger partial charge in [-0.05, 0) is 18.1 Å². The average molecular weight is 327 g/mol. The summed E-state index contributed by atoms with van der Waals surface area (Å²) in [6.45, 7) is 2.03. The van der Waals surface area contributed by atoms with Gasteiger partial charge in [0.15, 0.2) is 0 Å². The number of nitrogens with one attached hydrogen (secondary N) is 1. The summed E-state index contributed by atoms with van der Waals surface area (Å²) in [7, 11) is 0. The molecule has 3 N–H and O–H groups in total. The fourth-order valence-corrected chi connectivity index (χ4v) is 2.42. The Morgan fingerprint density at radius 3 is 2.39 bits per heavy atom. The Balaban J connectivity index is 1.76. The van der Waals surface area contributed by atoms with E-state index in [4.69, 9.17) is 17.3 Å². The van der Waals surface area contributed by atoms with Crippen LogP contribution in [0.2, 0.25) is 5.15 Å². The number of aromatic nitrogens is 4. The zero-order valence-corrected chi connectivity index (χ0v) is 13.2. The zero-order chi connectivity index (χ0) is 16.2. The van der Waals surface area contributed by atoms with Crippen LogP contribution in [0.4, 0.5) is 11.8 Å². The normalized spacial score (nSPS) is 11.9. The molecule has 1 aromatic carbocycles. The summed E-state index contributed by atoms with van der Waals surface area (Å²) in [6, 6.07) is 9.85. The molecule has 2 heterocycles. The van der Waals surface area contributed by atoms with Crippen LogP contribution in [0.15, 0.2) is 49.1 Å². The number of anilines is 2. The highest BCUT2D eigenvalue weighted by atomic mass is 35.5. The number of nitrogens with zero attached hydrogens (tertiary/aromatic N) is 4. The second-order valence-corrected chi connectivity index (χ2v) is 5.44. The first-order valence-corrected chi connectivity index (χ1v) is 7.41. The molecule has 0 radical (unpaired) electrons. The highest BCUT2D eigenvalue weighted by Crippen LogP contribution is 2.23. The quantitative estimate of drug-likeness (QED) is 0.715. The van der Waals surface area contributed by atoms with Crippen LogP contribution in [0.3, 0.4) is 0 Å². The van der Waals surface area contributed by atoms with Crippen LogP contribution in [0, 0.1) is 0 Å². The van der Waals surface area contributed by atoms with Crippen molar-refractivity contribution in [3.63, 3.8) is 0 Å². The first-order chi connectivity index (χ1) is 11.1. The summed E-state index contributed by atoms with van der Waals surface area (Å²) in [4.78, 5) is 16.0. The van der Waals surface area contributed by atoms with Crippen LogP contribution in [-0.4, -0.2) is 19.9 Å². The molecule has 0 saturated heterocycles. The molecule has 23 heavy (non-hydrogen) atoms. The van der Waals surface area contributed by atoms with Crippen LogP contribution in [0.1, 0.15) is 18.5 Å². The van der Waals surface area contributed by atoms with Crippen LogP contribution < -0.4 is 11.1 Å². The molecule has 7 heteroatoms. The second-order valence-electron chi connectivity index (χ2n) is 5.05. The highest BCUT2D eigenvalue weighted by Gasteiger charge is 2.08. The Bertz CT molecular complexity index is 771. The summed E-state index contributed by atoms with van der Waals surface area (Å²) >= 11 is 5.89. The van der Waals surface area contributed by atoms with Gasteiger partial charge >= 0.3 is 0 Å². The van der Waals surface area contributed by atoms with Crippen LogP contribution in [0.5, 0.6) is 0 Å². The lowest BCUT2D eigenvalue weighted by atomic mass is 10.0. The van der Waals surface area contributed by atoms with E-state index >= 15 is 0 Å². The van der Waals surface area contributed by atoms with Gasteiger partial charge in [-0.2, -0.15) is 4.98 Å². The molecule has 0 aliphatic rings. The van der Waals surface area contributed by atoms with Gasteiger partial charge in [0.25, 0.3) is 0 Å². The molecule has 0 amide bonds. The molecule has 1 atom stereocenters. The number of hydrogen-bond donors (Lipinski definition) is 2. The van der Waals surface area contributed by atoms with Crippen molar-refractivity contribution >= 4 is 23.4 Å². The third kappa shape index (κ3) is 3.73. The van der Waals surface area contributed by atoms with Crippen molar-refractivity contribution in [3.05, 3.63) is 59.8 Å². The molecule has 0 fully saturated rings. The zero-order valence-electron chi connectivity index (χ0n) is 12.4. The summed E-state index contributed by atoms with van der Waals surface area (Å²) < 4.78 is 0. The third-order valence-electron chi connectivity index (χ3n) is 3.38. The monoisotopic (exact) mass is 326 g/mol. The molecule has 2 aromatic heterocycles. The van der Waals surface area contributed by atoms with Gasteiger partial charge in [0.1, 0.15) is 17.3 Å². The van der Waals surface area contributed by atoms with Gasteiger partial charge in [0.2, 0.25) is 5.95 Å². The average Bonchev–Trinajstić information content (AvgIpc) is 2.55. The highest BCUT2D eigenvalue weighted by molar-refractivity contribution is 6.29. The fourth-order valence-electron chi connectivity index (χ4n) is 2.23. The van der Waals surface area contributed by atoms with E-state index in [1.165, 1.54) is 6.33 Å². The van der Waals surface area contributed by atoms with Gasteiger partial charge in [-0.1, -0.05) is 35.9 Å². The summed E-state index contributed by atoms with van der Waals surface area (Å²) in [5, 5.41) is 3.57. The largest absolute Gasteiger partial charge is 0.368 e. The Morgan fingerprint density at radius 1 is 1.04 bits per heavy atom. The van der Waals surface area contributed by atoms with Crippen molar-refractivity contribution in [3.8, 4) is 11.1 Å². The van der Waals surface area contributed by atoms with E-state index in [0.717, 1.165) is 16.7 Å². The number of benzene rings is 1. The van der Waals surface area contributed by atoms with Crippen LogP contribution in [0.25, 0.3) is 11.1 Å². The van der Waals surface area contributed by atoms with Gasteiger partial charge < -0.3 is 11.1 Å². The lowest BCUT2D eigenvalue weighted by Gasteiger charge is -2.15. The minimum Gasteiger partial charge on any atom is -0.368 e. The van der Waals surface area contributed by atoms with Crippen molar-refractivity contribution in [2.24, 2.45) is 0 Å². The Kier molecular flexibility index (Phi) is 4.34. The Hall–Kier alpha value is -2.73. The maximum Gasteiger partial charge on any atom is 0.223 e. The van der Waals surface area contributed by atoms with Crippen LogP contribution in [-0.2, 0) is 0 Å². The van der Waals surface area contributed by atoms with Gasteiger partial charge in [-0.15, -0.1) is 0 Å². The van der Waals surface area contributed by atoms with Crippen molar-refractivity contribution in [1.82, 2.24) is 19.9 Å². The molecule has 0 aliphatic heterocycles. The summed E-state index contributed by atoms with van der Waals surface area (Å²) in [5.74, 6) is 0.738. The predicted molar refractivity (Wildman–Crippen MR) is 91.0 cm³/mol. The Labute approximate surface area is 138 Å². The molecule has 1 unspecified atom stereocenters. The number of hydrogen-bond acceptors (Lipinski definition) is 6. The maximum atomic E-state index is 5.89. The molecule has 0 aliphatic carbocycles. The summed E-state index contributed by atoms with van der Waals surface area (Å²) in [5.41, 5.74) is 8.76. The number of halogens is 1. The number of nitrogen functional groups attached to an aromatic ring is 1.